The highest BCUT2D eigenvalue weighted by molar-refractivity contribution is 5.93. The summed E-state index contributed by atoms with van der Waals surface area (Å²) in [6.07, 6.45) is 0.338. The summed E-state index contributed by atoms with van der Waals surface area (Å²) in [7, 11) is 1.60. The Morgan fingerprint density at radius 3 is 2.52 bits per heavy atom. The number of hydrogen-bond acceptors (Lipinski definition) is 3. The van der Waals surface area contributed by atoms with Gasteiger partial charge in [-0.05, 0) is 42.3 Å². The van der Waals surface area contributed by atoms with Gasteiger partial charge in [-0.3, -0.25) is 4.79 Å². The van der Waals surface area contributed by atoms with E-state index in [0.717, 1.165) is 27.9 Å². The zero-order valence-corrected chi connectivity index (χ0v) is 16.2. The minimum atomic E-state index is -0.900. The van der Waals surface area contributed by atoms with Crippen molar-refractivity contribution in [2.45, 2.75) is 19.4 Å². The van der Waals surface area contributed by atoms with Crippen molar-refractivity contribution in [3.8, 4) is 5.75 Å². The second-order valence-corrected chi connectivity index (χ2v) is 7.07. The molecular weight excluding hydrogens is 370 g/mol. The van der Waals surface area contributed by atoms with Crippen LogP contribution in [0.3, 0.4) is 0 Å². The van der Waals surface area contributed by atoms with E-state index in [1.54, 1.807) is 31.4 Å². The number of carboxylic acid groups (broad SMARTS) is 1. The second-order valence-electron chi connectivity index (χ2n) is 7.07. The number of amides is 2. The molecule has 3 aromatic rings. The van der Waals surface area contributed by atoms with Crippen LogP contribution in [0.15, 0.2) is 48.5 Å². The van der Waals surface area contributed by atoms with Crippen LogP contribution >= 0.6 is 0 Å². The number of carbonyl (C=O) groups excluding carboxylic acids is 1. The van der Waals surface area contributed by atoms with E-state index in [-0.39, 0.29) is 12.5 Å². The van der Waals surface area contributed by atoms with E-state index in [9.17, 15) is 14.7 Å². The average Bonchev–Trinajstić information content (AvgIpc) is 2.87. The van der Waals surface area contributed by atoms with E-state index >= 15 is 0 Å². The van der Waals surface area contributed by atoms with Gasteiger partial charge in [-0.1, -0.05) is 18.2 Å². The van der Waals surface area contributed by atoms with Crippen LogP contribution in [-0.4, -0.2) is 46.8 Å². The molecule has 0 aliphatic carbocycles. The SMILES string of the molecule is COc1ccc(NC(=O)Cn2c3c(c4ccccc42)CCN(C(=O)O)CC3)cc1. The van der Waals surface area contributed by atoms with Crippen LogP contribution < -0.4 is 10.1 Å². The summed E-state index contributed by atoms with van der Waals surface area (Å²) in [5.74, 6) is 0.603. The molecule has 0 saturated carbocycles. The van der Waals surface area contributed by atoms with Gasteiger partial charge >= 0.3 is 6.09 Å². The van der Waals surface area contributed by atoms with Crippen molar-refractivity contribution in [1.29, 1.82) is 0 Å². The zero-order chi connectivity index (χ0) is 20.4. The molecule has 150 valence electrons. The van der Waals surface area contributed by atoms with Crippen LogP contribution in [0.1, 0.15) is 11.3 Å². The number of benzene rings is 2. The highest BCUT2D eigenvalue weighted by Crippen LogP contribution is 2.29. The lowest BCUT2D eigenvalue weighted by Gasteiger charge is -2.16. The van der Waals surface area contributed by atoms with Crippen molar-refractivity contribution in [2.75, 3.05) is 25.5 Å². The molecule has 0 bridgehead atoms. The lowest BCUT2D eigenvalue weighted by molar-refractivity contribution is -0.116. The van der Waals surface area contributed by atoms with Gasteiger partial charge in [-0.2, -0.15) is 0 Å². The van der Waals surface area contributed by atoms with Crippen molar-refractivity contribution in [3.63, 3.8) is 0 Å². The topological polar surface area (TPSA) is 83.8 Å². The minimum Gasteiger partial charge on any atom is -0.497 e. The molecule has 4 rings (SSSR count). The van der Waals surface area contributed by atoms with Crippen molar-refractivity contribution < 1.29 is 19.4 Å². The van der Waals surface area contributed by atoms with Gasteiger partial charge in [-0.25, -0.2) is 4.79 Å². The van der Waals surface area contributed by atoms with Crippen LogP contribution in [0.5, 0.6) is 5.75 Å². The molecule has 0 spiro atoms. The maximum atomic E-state index is 12.8. The maximum absolute atomic E-state index is 12.8. The third-order valence-corrected chi connectivity index (χ3v) is 5.39. The Kier molecular flexibility index (Phi) is 5.12. The minimum absolute atomic E-state index is 0.127. The first-order valence-electron chi connectivity index (χ1n) is 9.57. The Bertz CT molecular complexity index is 1060. The number of aromatic nitrogens is 1. The first-order valence-corrected chi connectivity index (χ1v) is 9.57. The normalized spacial score (nSPS) is 13.6. The number of nitrogens with one attached hydrogen (secondary N) is 1. The molecule has 0 unspecified atom stereocenters. The molecule has 0 fully saturated rings. The molecule has 0 saturated heterocycles. The van der Waals surface area contributed by atoms with E-state index in [1.807, 2.05) is 28.8 Å². The fourth-order valence-corrected chi connectivity index (χ4v) is 3.98. The Hall–Kier alpha value is -3.48. The molecule has 0 radical (unpaired) electrons. The molecule has 2 N–H and O–H groups in total. The Labute approximate surface area is 168 Å². The molecule has 29 heavy (non-hydrogen) atoms. The van der Waals surface area contributed by atoms with E-state index < -0.39 is 6.09 Å². The zero-order valence-electron chi connectivity index (χ0n) is 16.2. The van der Waals surface area contributed by atoms with Gasteiger partial charge in [0.2, 0.25) is 5.91 Å². The molecule has 2 amide bonds. The summed E-state index contributed by atoms with van der Waals surface area (Å²) < 4.78 is 7.17. The third-order valence-electron chi connectivity index (χ3n) is 5.39. The van der Waals surface area contributed by atoms with Gasteiger partial charge in [0, 0.05) is 41.8 Å². The van der Waals surface area contributed by atoms with Crippen LogP contribution in [0.25, 0.3) is 10.9 Å². The lowest BCUT2D eigenvalue weighted by Crippen LogP contribution is -2.32. The Balaban J connectivity index is 1.61. The van der Waals surface area contributed by atoms with Crippen molar-refractivity contribution in [2.24, 2.45) is 0 Å². The lowest BCUT2D eigenvalue weighted by atomic mass is 10.1. The number of carbonyl (C=O) groups is 2. The summed E-state index contributed by atoms with van der Waals surface area (Å²) in [4.78, 5) is 25.6. The Morgan fingerprint density at radius 2 is 1.79 bits per heavy atom. The van der Waals surface area contributed by atoms with Crippen LogP contribution in [0.2, 0.25) is 0 Å². The van der Waals surface area contributed by atoms with Gasteiger partial charge in [-0.15, -0.1) is 0 Å². The highest BCUT2D eigenvalue weighted by atomic mass is 16.5. The molecule has 2 aromatic carbocycles. The van der Waals surface area contributed by atoms with E-state index in [1.165, 1.54) is 4.90 Å². The fourth-order valence-electron chi connectivity index (χ4n) is 3.98. The fraction of sp³-hybridized carbons (Fsp3) is 0.273. The number of ether oxygens (including phenoxy) is 1. The summed E-state index contributed by atoms with van der Waals surface area (Å²) in [6.45, 7) is 1.07. The predicted molar refractivity (Wildman–Crippen MR) is 111 cm³/mol. The third kappa shape index (κ3) is 3.76. The van der Waals surface area contributed by atoms with Gasteiger partial charge < -0.3 is 24.6 Å². The maximum Gasteiger partial charge on any atom is 0.407 e. The van der Waals surface area contributed by atoms with E-state index in [4.69, 9.17) is 4.74 Å². The summed E-state index contributed by atoms with van der Waals surface area (Å²) in [5, 5.41) is 13.4. The van der Waals surface area contributed by atoms with E-state index in [0.29, 0.717) is 31.6 Å². The largest absolute Gasteiger partial charge is 0.497 e. The Morgan fingerprint density at radius 1 is 1.07 bits per heavy atom. The van der Waals surface area contributed by atoms with Crippen molar-refractivity contribution in [1.82, 2.24) is 9.47 Å². The number of rotatable bonds is 4. The summed E-state index contributed by atoms with van der Waals surface area (Å²) in [6, 6.07) is 15.2. The van der Waals surface area contributed by atoms with Crippen LogP contribution in [0, 0.1) is 0 Å². The first kappa shape index (κ1) is 18.9. The molecule has 1 aliphatic heterocycles. The predicted octanol–water partition coefficient (Wildman–Crippen LogP) is 3.37. The van der Waals surface area contributed by atoms with Crippen molar-refractivity contribution >= 4 is 28.6 Å². The highest BCUT2D eigenvalue weighted by Gasteiger charge is 2.24. The molecule has 1 aromatic heterocycles. The number of methoxy groups -OCH3 is 1. The van der Waals surface area contributed by atoms with Crippen molar-refractivity contribution in [3.05, 3.63) is 59.8 Å². The second kappa shape index (κ2) is 7.87. The van der Waals surface area contributed by atoms with E-state index in [2.05, 4.69) is 5.32 Å². The number of hydrogen-bond donors (Lipinski definition) is 2. The quantitative estimate of drug-likeness (QED) is 0.712. The van der Waals surface area contributed by atoms with Gasteiger partial charge in [0.15, 0.2) is 0 Å². The van der Waals surface area contributed by atoms with Crippen LogP contribution in [-0.2, 0) is 24.2 Å². The van der Waals surface area contributed by atoms with Gasteiger partial charge in [0.05, 0.1) is 7.11 Å². The molecule has 2 heterocycles. The molecule has 0 atom stereocenters. The number of para-hydroxylation sites is 1. The number of anilines is 1. The smallest absolute Gasteiger partial charge is 0.407 e. The molecule has 7 heteroatoms. The summed E-state index contributed by atoms with van der Waals surface area (Å²) in [5.41, 5.74) is 3.89. The molecule has 1 aliphatic rings. The number of nitrogens with zero attached hydrogens (tertiary/aromatic N) is 2. The molecule has 7 nitrogen and oxygen atoms in total. The van der Waals surface area contributed by atoms with Crippen LogP contribution in [0.4, 0.5) is 10.5 Å². The number of fused-ring (bicyclic) bond motifs is 3. The first-order chi connectivity index (χ1) is 14.1. The van der Waals surface area contributed by atoms with Gasteiger partial charge in [0.25, 0.3) is 0 Å². The summed E-state index contributed by atoms with van der Waals surface area (Å²) >= 11 is 0. The monoisotopic (exact) mass is 393 g/mol. The standard InChI is InChI=1S/C22H23N3O4/c1-29-16-8-6-15(7-9-16)23-21(26)14-25-19-5-3-2-4-17(19)18-10-12-24(22(27)28)13-11-20(18)25/h2-9H,10-14H2,1H3,(H,23,26)(H,27,28). The van der Waals surface area contributed by atoms with Gasteiger partial charge in [0.1, 0.15) is 12.3 Å². The average molecular weight is 393 g/mol. The molecular formula is C22H23N3O4.